The summed E-state index contributed by atoms with van der Waals surface area (Å²) in [4.78, 5) is 32.3. The van der Waals surface area contributed by atoms with Gasteiger partial charge in [0.15, 0.2) is 5.13 Å². The molecule has 2 amide bonds. The molecule has 3 rings (SSSR count). The predicted molar refractivity (Wildman–Crippen MR) is 81.3 cm³/mol. The summed E-state index contributed by atoms with van der Waals surface area (Å²) in [6, 6.07) is 0.465. The number of nitrogens with one attached hydrogen (secondary N) is 1. The smallest absolute Gasteiger partial charge is 0.268 e. The summed E-state index contributed by atoms with van der Waals surface area (Å²) in [6.07, 6.45) is 3.05. The molecule has 1 aliphatic carbocycles. The van der Waals surface area contributed by atoms with Crippen LogP contribution in [0.4, 0.5) is 10.9 Å². The Kier molecular flexibility index (Phi) is 3.71. The molecule has 21 heavy (non-hydrogen) atoms. The van der Waals surface area contributed by atoms with Crippen LogP contribution >= 0.6 is 11.3 Å². The lowest BCUT2D eigenvalue weighted by Gasteiger charge is -2.18. The van der Waals surface area contributed by atoms with Crippen molar-refractivity contribution in [1.29, 1.82) is 0 Å². The Morgan fingerprint density at radius 2 is 2.19 bits per heavy atom. The lowest BCUT2D eigenvalue weighted by atomic mass is 10.3. The minimum absolute atomic E-state index is 0.0414. The molecule has 1 aliphatic heterocycles. The van der Waals surface area contributed by atoms with Gasteiger partial charge in [0.25, 0.3) is 5.91 Å². The van der Waals surface area contributed by atoms with Gasteiger partial charge in [0.1, 0.15) is 17.2 Å². The van der Waals surface area contributed by atoms with E-state index in [-0.39, 0.29) is 24.2 Å². The summed E-state index contributed by atoms with van der Waals surface area (Å²) in [7, 11) is 1.76. The van der Waals surface area contributed by atoms with Gasteiger partial charge >= 0.3 is 0 Å². The second kappa shape index (κ2) is 5.51. The molecular formula is C13H19N5O2S. The fourth-order valence-corrected chi connectivity index (χ4v) is 3.18. The zero-order valence-electron chi connectivity index (χ0n) is 12.0. The van der Waals surface area contributed by atoms with E-state index in [1.54, 1.807) is 16.8 Å². The number of carbonyl (C=O) groups excluding carboxylic acids is 2. The van der Waals surface area contributed by atoms with Crippen LogP contribution in [-0.4, -0.2) is 59.3 Å². The van der Waals surface area contributed by atoms with E-state index in [1.165, 1.54) is 11.3 Å². The Labute approximate surface area is 127 Å². The highest BCUT2D eigenvalue weighted by Crippen LogP contribution is 2.31. The summed E-state index contributed by atoms with van der Waals surface area (Å²) >= 11 is 1.28. The summed E-state index contributed by atoms with van der Waals surface area (Å²) in [5, 5.41) is 3.94. The number of nitrogens with zero attached hydrogens (tertiary/aromatic N) is 3. The number of likely N-dealkylation sites (N-methyl/N-ethyl adjacent to an activating group) is 1. The number of anilines is 2. The highest BCUT2D eigenvalue weighted by molar-refractivity contribution is 7.18. The second-order valence-corrected chi connectivity index (χ2v) is 6.55. The van der Waals surface area contributed by atoms with Gasteiger partial charge in [0.05, 0.1) is 0 Å². The number of carbonyl (C=O) groups is 2. The zero-order chi connectivity index (χ0) is 15.0. The van der Waals surface area contributed by atoms with E-state index in [4.69, 9.17) is 5.73 Å². The number of aromatic nitrogens is 1. The Hall–Kier alpha value is -1.83. The zero-order valence-corrected chi connectivity index (χ0v) is 12.8. The van der Waals surface area contributed by atoms with Crippen molar-refractivity contribution in [2.24, 2.45) is 0 Å². The van der Waals surface area contributed by atoms with Crippen molar-refractivity contribution in [2.75, 3.05) is 37.7 Å². The first-order chi connectivity index (χ1) is 10.0. The van der Waals surface area contributed by atoms with Crippen LogP contribution in [0.5, 0.6) is 0 Å². The summed E-state index contributed by atoms with van der Waals surface area (Å²) in [5.74, 6) is 0.0102. The number of nitrogen functional groups attached to an aromatic ring is 1. The van der Waals surface area contributed by atoms with E-state index >= 15 is 0 Å². The maximum absolute atomic E-state index is 12.6. The maximum atomic E-state index is 12.6. The van der Waals surface area contributed by atoms with Gasteiger partial charge in [-0.3, -0.25) is 9.59 Å². The fourth-order valence-electron chi connectivity index (χ4n) is 2.25. The van der Waals surface area contributed by atoms with E-state index in [2.05, 4.69) is 10.3 Å². The first-order valence-electron chi connectivity index (χ1n) is 7.10. The van der Waals surface area contributed by atoms with Crippen LogP contribution in [0.25, 0.3) is 0 Å². The standard InChI is InChI=1S/C13H19N5O2S/c1-17-5-2-6-18(7-9(17)19)12(20)10-11(14)16-13(21-10)15-8-3-4-8/h8H,2-7,14H2,1H3,(H,15,16). The molecule has 1 aromatic rings. The molecule has 2 aliphatic rings. The van der Waals surface area contributed by atoms with Gasteiger partial charge in [-0.25, -0.2) is 4.98 Å². The molecule has 7 nitrogen and oxygen atoms in total. The molecule has 114 valence electrons. The molecule has 1 saturated carbocycles. The van der Waals surface area contributed by atoms with Crippen LogP contribution in [0.2, 0.25) is 0 Å². The van der Waals surface area contributed by atoms with E-state index in [1.807, 2.05) is 0 Å². The Bertz CT molecular complexity index is 569. The van der Waals surface area contributed by atoms with E-state index in [0.717, 1.165) is 19.3 Å². The third kappa shape index (κ3) is 3.10. The van der Waals surface area contributed by atoms with Crippen molar-refractivity contribution in [3.05, 3.63) is 4.88 Å². The number of amides is 2. The van der Waals surface area contributed by atoms with Crippen molar-refractivity contribution < 1.29 is 9.59 Å². The van der Waals surface area contributed by atoms with Gasteiger partial charge in [0.2, 0.25) is 5.91 Å². The van der Waals surface area contributed by atoms with Crippen molar-refractivity contribution in [1.82, 2.24) is 14.8 Å². The fraction of sp³-hybridized carbons (Fsp3) is 0.615. The van der Waals surface area contributed by atoms with Gasteiger partial charge in [-0.15, -0.1) is 0 Å². The second-order valence-electron chi connectivity index (χ2n) is 5.55. The van der Waals surface area contributed by atoms with Crippen molar-refractivity contribution >= 4 is 34.1 Å². The molecule has 0 aromatic carbocycles. The van der Waals surface area contributed by atoms with Gasteiger partial charge < -0.3 is 20.9 Å². The van der Waals surface area contributed by atoms with E-state index in [0.29, 0.717) is 29.1 Å². The summed E-state index contributed by atoms with van der Waals surface area (Å²) in [6.45, 7) is 1.35. The molecule has 8 heteroatoms. The molecule has 0 bridgehead atoms. The van der Waals surface area contributed by atoms with Gasteiger partial charge in [-0.2, -0.15) is 0 Å². The highest BCUT2D eigenvalue weighted by atomic mass is 32.1. The lowest BCUT2D eigenvalue weighted by Crippen LogP contribution is -2.37. The predicted octanol–water partition coefficient (Wildman–Crippen LogP) is 0.604. The lowest BCUT2D eigenvalue weighted by molar-refractivity contribution is -0.129. The number of rotatable bonds is 3. The molecule has 0 atom stereocenters. The molecule has 3 N–H and O–H groups in total. The maximum Gasteiger partial charge on any atom is 0.268 e. The molecule has 0 unspecified atom stereocenters. The number of nitrogens with two attached hydrogens (primary N) is 1. The Balaban J connectivity index is 1.74. The number of thiazole rings is 1. The highest BCUT2D eigenvalue weighted by Gasteiger charge is 2.28. The van der Waals surface area contributed by atoms with Gasteiger partial charge in [-0.05, 0) is 19.3 Å². The molecule has 1 aromatic heterocycles. The number of hydrogen-bond acceptors (Lipinski definition) is 6. The molecule has 1 saturated heterocycles. The van der Waals surface area contributed by atoms with Crippen LogP contribution < -0.4 is 11.1 Å². The molecule has 2 fully saturated rings. The molecule has 0 radical (unpaired) electrons. The Morgan fingerprint density at radius 1 is 1.43 bits per heavy atom. The monoisotopic (exact) mass is 309 g/mol. The van der Waals surface area contributed by atoms with E-state index < -0.39 is 0 Å². The van der Waals surface area contributed by atoms with Crippen molar-refractivity contribution in [3.63, 3.8) is 0 Å². The van der Waals surface area contributed by atoms with Crippen LogP contribution in [-0.2, 0) is 4.79 Å². The third-order valence-corrected chi connectivity index (χ3v) is 4.70. The number of hydrogen-bond donors (Lipinski definition) is 2. The van der Waals surface area contributed by atoms with Crippen LogP contribution in [0.1, 0.15) is 28.9 Å². The quantitative estimate of drug-likeness (QED) is 0.853. The summed E-state index contributed by atoms with van der Waals surface area (Å²) in [5.41, 5.74) is 5.86. The minimum atomic E-state index is -0.197. The van der Waals surface area contributed by atoms with Gasteiger partial charge in [-0.1, -0.05) is 11.3 Å². The SMILES string of the molecule is CN1CCCN(C(=O)c2sc(NC3CC3)nc2N)CC1=O. The topological polar surface area (TPSA) is 91.6 Å². The average molecular weight is 309 g/mol. The first kappa shape index (κ1) is 14.1. The Morgan fingerprint density at radius 3 is 2.90 bits per heavy atom. The van der Waals surface area contributed by atoms with Crippen LogP contribution in [0.15, 0.2) is 0 Å². The van der Waals surface area contributed by atoms with E-state index in [9.17, 15) is 9.59 Å². The van der Waals surface area contributed by atoms with Crippen molar-refractivity contribution in [2.45, 2.75) is 25.3 Å². The van der Waals surface area contributed by atoms with Crippen LogP contribution in [0, 0.1) is 0 Å². The van der Waals surface area contributed by atoms with Gasteiger partial charge in [0, 0.05) is 26.2 Å². The third-order valence-electron chi connectivity index (χ3n) is 3.71. The van der Waals surface area contributed by atoms with Crippen molar-refractivity contribution in [3.8, 4) is 0 Å². The van der Waals surface area contributed by atoms with Crippen LogP contribution in [0.3, 0.4) is 0 Å². The normalized spacial score (nSPS) is 19.6. The molecular weight excluding hydrogens is 290 g/mol. The average Bonchev–Trinajstić information content (AvgIpc) is 3.20. The largest absolute Gasteiger partial charge is 0.382 e. The minimum Gasteiger partial charge on any atom is -0.382 e. The summed E-state index contributed by atoms with van der Waals surface area (Å²) < 4.78 is 0. The molecule has 2 heterocycles. The molecule has 0 spiro atoms. The first-order valence-corrected chi connectivity index (χ1v) is 7.92.